The van der Waals surface area contributed by atoms with Crippen LogP contribution in [0.3, 0.4) is 0 Å². The average Bonchev–Trinajstić information content (AvgIpc) is 2.75. The van der Waals surface area contributed by atoms with Crippen LogP contribution in [0.5, 0.6) is 0 Å². The topological polar surface area (TPSA) is 0 Å². The van der Waals surface area contributed by atoms with Crippen LogP contribution in [-0.4, -0.2) is 0 Å². The van der Waals surface area contributed by atoms with Gasteiger partial charge in [-0.05, 0) is 103 Å². The summed E-state index contributed by atoms with van der Waals surface area (Å²) in [4.78, 5) is 0. The van der Waals surface area contributed by atoms with E-state index < -0.39 is 0 Å². The van der Waals surface area contributed by atoms with E-state index in [2.05, 4.69) is 41.5 Å². The van der Waals surface area contributed by atoms with E-state index >= 15 is 0 Å². The Hall–Kier alpha value is 0. The fraction of sp³-hybridized carbons (Fsp3) is 1.00. The van der Waals surface area contributed by atoms with Gasteiger partial charge in [-0.25, -0.2) is 0 Å². The Labute approximate surface area is 145 Å². The quantitative estimate of drug-likeness (QED) is 0.526. The fourth-order valence-corrected chi connectivity index (χ4v) is 8.41. The standard InChI is InChI=1S/C23H40/c1-14-16(12-18-7-9-20(14)22(18,3)4)11-17-13-19-8-10-21(15(17)2)23(19,5)6/h14-21H,7-13H2,1-6H3/t14?,15?,16?,17?,18-,19-,20+,21+/m0/s1. The van der Waals surface area contributed by atoms with Crippen molar-refractivity contribution in [3.8, 4) is 0 Å². The van der Waals surface area contributed by atoms with Gasteiger partial charge in [0.05, 0.1) is 0 Å². The van der Waals surface area contributed by atoms with Crippen LogP contribution in [0.1, 0.15) is 86.5 Å². The third-order valence-corrected chi connectivity index (χ3v) is 10.2. The summed E-state index contributed by atoms with van der Waals surface area (Å²) in [5, 5.41) is 0. The molecule has 4 aliphatic rings. The predicted octanol–water partition coefficient (Wildman–Crippen LogP) is 6.79. The molecule has 23 heavy (non-hydrogen) atoms. The Kier molecular flexibility index (Phi) is 3.76. The minimum Gasteiger partial charge on any atom is -0.0620 e. The Morgan fingerprint density at radius 2 is 1.04 bits per heavy atom. The maximum atomic E-state index is 2.62. The van der Waals surface area contributed by atoms with Crippen molar-refractivity contribution in [3.63, 3.8) is 0 Å². The van der Waals surface area contributed by atoms with Crippen LogP contribution in [0.15, 0.2) is 0 Å². The zero-order valence-corrected chi connectivity index (χ0v) is 16.6. The van der Waals surface area contributed by atoms with Crippen LogP contribution in [0.4, 0.5) is 0 Å². The van der Waals surface area contributed by atoms with E-state index in [0.717, 1.165) is 47.3 Å². The van der Waals surface area contributed by atoms with Gasteiger partial charge in [0.25, 0.3) is 0 Å². The van der Waals surface area contributed by atoms with Crippen LogP contribution in [0, 0.1) is 58.2 Å². The van der Waals surface area contributed by atoms with Crippen molar-refractivity contribution < 1.29 is 0 Å². The first kappa shape index (κ1) is 16.5. The molecule has 0 heteroatoms. The molecule has 0 saturated heterocycles. The molecule has 0 aromatic carbocycles. The maximum Gasteiger partial charge on any atom is -0.0295 e. The van der Waals surface area contributed by atoms with Gasteiger partial charge >= 0.3 is 0 Å². The molecular formula is C23H40. The van der Waals surface area contributed by atoms with Gasteiger partial charge in [-0.15, -0.1) is 0 Å². The van der Waals surface area contributed by atoms with Crippen LogP contribution in [0.25, 0.3) is 0 Å². The van der Waals surface area contributed by atoms with Crippen molar-refractivity contribution in [1.82, 2.24) is 0 Å². The summed E-state index contributed by atoms with van der Waals surface area (Å²) in [6, 6.07) is 0. The summed E-state index contributed by atoms with van der Waals surface area (Å²) in [6.07, 6.45) is 10.8. The number of rotatable bonds is 2. The molecule has 4 bridgehead atoms. The van der Waals surface area contributed by atoms with Gasteiger partial charge in [-0.2, -0.15) is 0 Å². The SMILES string of the molecule is CC1C(CC2C[C@@H]3CC[C@H](C2C)C3(C)C)C[C@@H]2CC[C@H]1C2(C)C. The van der Waals surface area contributed by atoms with Crippen molar-refractivity contribution >= 4 is 0 Å². The Morgan fingerprint density at radius 1 is 0.652 bits per heavy atom. The molecule has 0 aliphatic heterocycles. The van der Waals surface area contributed by atoms with Gasteiger partial charge in [0.1, 0.15) is 0 Å². The third kappa shape index (κ3) is 2.29. The molecule has 132 valence electrons. The van der Waals surface area contributed by atoms with Gasteiger partial charge < -0.3 is 0 Å². The summed E-state index contributed by atoms with van der Waals surface area (Å²) < 4.78 is 0. The highest BCUT2D eigenvalue weighted by atomic mass is 14.6. The van der Waals surface area contributed by atoms with Crippen LogP contribution in [-0.2, 0) is 0 Å². The van der Waals surface area contributed by atoms with Crippen LogP contribution < -0.4 is 0 Å². The van der Waals surface area contributed by atoms with E-state index in [-0.39, 0.29) is 0 Å². The van der Waals surface area contributed by atoms with Crippen molar-refractivity contribution in [2.75, 3.05) is 0 Å². The van der Waals surface area contributed by atoms with E-state index in [0.29, 0.717) is 10.8 Å². The smallest absolute Gasteiger partial charge is 0.0295 e. The number of fused-ring (bicyclic) bond motifs is 4. The molecule has 4 rings (SSSR count). The molecule has 0 aromatic heterocycles. The molecule has 0 aromatic rings. The molecule has 4 saturated carbocycles. The zero-order chi connectivity index (χ0) is 16.6. The Morgan fingerprint density at radius 3 is 1.43 bits per heavy atom. The van der Waals surface area contributed by atoms with Gasteiger partial charge in [0.15, 0.2) is 0 Å². The maximum absolute atomic E-state index is 2.62. The minimum atomic E-state index is 0.634. The highest BCUT2D eigenvalue weighted by Crippen LogP contribution is 2.63. The molecule has 4 fully saturated rings. The molecule has 4 unspecified atom stereocenters. The summed E-state index contributed by atoms with van der Waals surface area (Å²) in [5.41, 5.74) is 1.27. The van der Waals surface area contributed by atoms with Gasteiger partial charge in [0.2, 0.25) is 0 Å². The lowest BCUT2D eigenvalue weighted by Crippen LogP contribution is -2.43. The highest BCUT2D eigenvalue weighted by Gasteiger charge is 2.54. The largest absolute Gasteiger partial charge is 0.0620 e. The van der Waals surface area contributed by atoms with E-state index in [1.54, 1.807) is 19.3 Å². The van der Waals surface area contributed by atoms with E-state index in [1.807, 2.05) is 0 Å². The predicted molar refractivity (Wildman–Crippen MR) is 99.1 cm³/mol. The molecule has 0 spiro atoms. The second-order valence-corrected chi connectivity index (χ2v) is 11.3. The van der Waals surface area contributed by atoms with E-state index in [4.69, 9.17) is 0 Å². The first-order chi connectivity index (χ1) is 10.7. The molecular weight excluding hydrogens is 276 g/mol. The number of hydrogen-bond acceptors (Lipinski definition) is 0. The summed E-state index contributed by atoms with van der Waals surface area (Å²) >= 11 is 0. The summed E-state index contributed by atoms with van der Waals surface area (Å²) in [6.45, 7) is 15.5. The summed E-state index contributed by atoms with van der Waals surface area (Å²) in [7, 11) is 0. The van der Waals surface area contributed by atoms with Crippen molar-refractivity contribution in [3.05, 3.63) is 0 Å². The lowest BCUT2D eigenvalue weighted by molar-refractivity contribution is -0.0145. The number of hydrogen-bond donors (Lipinski definition) is 0. The molecule has 0 amide bonds. The average molecular weight is 317 g/mol. The monoisotopic (exact) mass is 316 g/mol. The normalized spacial score (nSPS) is 53.5. The van der Waals surface area contributed by atoms with Crippen molar-refractivity contribution in [2.24, 2.45) is 58.2 Å². The van der Waals surface area contributed by atoms with E-state index in [9.17, 15) is 0 Å². The molecule has 0 radical (unpaired) electrons. The fourth-order valence-electron chi connectivity index (χ4n) is 8.41. The second-order valence-electron chi connectivity index (χ2n) is 11.3. The van der Waals surface area contributed by atoms with Crippen LogP contribution in [0.2, 0.25) is 0 Å². The lowest BCUT2D eigenvalue weighted by Gasteiger charge is -2.50. The first-order valence-electron chi connectivity index (χ1n) is 10.7. The lowest BCUT2D eigenvalue weighted by atomic mass is 9.55. The second kappa shape index (κ2) is 5.25. The van der Waals surface area contributed by atoms with Crippen molar-refractivity contribution in [2.45, 2.75) is 86.5 Å². The van der Waals surface area contributed by atoms with Gasteiger partial charge in [-0.3, -0.25) is 0 Å². The highest BCUT2D eigenvalue weighted by molar-refractivity contribution is 5.04. The first-order valence-corrected chi connectivity index (χ1v) is 10.7. The Bertz CT molecular complexity index is 417. The van der Waals surface area contributed by atoms with E-state index in [1.165, 1.54) is 25.7 Å². The van der Waals surface area contributed by atoms with Gasteiger partial charge in [-0.1, -0.05) is 41.5 Å². The molecule has 8 atom stereocenters. The molecule has 0 N–H and O–H groups in total. The van der Waals surface area contributed by atoms with Gasteiger partial charge in [0, 0.05) is 0 Å². The molecule has 0 heterocycles. The third-order valence-electron chi connectivity index (χ3n) is 10.2. The minimum absolute atomic E-state index is 0.634. The summed E-state index contributed by atoms with van der Waals surface area (Å²) in [5.74, 6) is 8.10. The van der Waals surface area contributed by atoms with Crippen molar-refractivity contribution in [1.29, 1.82) is 0 Å². The molecule has 4 aliphatic carbocycles. The zero-order valence-electron chi connectivity index (χ0n) is 16.6. The molecule has 0 nitrogen and oxygen atoms in total. The van der Waals surface area contributed by atoms with Crippen LogP contribution >= 0.6 is 0 Å². The Balaban J connectivity index is 1.48.